The number of halogens is 1. The number of carbonyl (C=O) groups is 1. The van der Waals surface area contributed by atoms with E-state index < -0.39 is 10.0 Å². The number of hydrogen-bond acceptors (Lipinski definition) is 4. The van der Waals surface area contributed by atoms with Crippen molar-refractivity contribution in [3.63, 3.8) is 0 Å². The lowest BCUT2D eigenvalue weighted by Gasteiger charge is -2.18. The predicted octanol–water partition coefficient (Wildman–Crippen LogP) is 1.67. The van der Waals surface area contributed by atoms with E-state index in [2.05, 4.69) is 20.7 Å². The Balaban J connectivity index is 2.36. The van der Waals surface area contributed by atoms with Crippen LogP contribution in [0.15, 0.2) is 21.5 Å². The van der Waals surface area contributed by atoms with Gasteiger partial charge in [0.1, 0.15) is 0 Å². The van der Waals surface area contributed by atoms with Crippen molar-refractivity contribution >= 4 is 37.5 Å². The van der Waals surface area contributed by atoms with E-state index in [1.165, 1.54) is 7.11 Å². The van der Waals surface area contributed by atoms with Crippen molar-refractivity contribution < 1.29 is 17.9 Å². The SMILES string of the molecule is CCC(=O)N1CCc2cc(Br)c(S(=O)(=O)NCCOC)cc21. The van der Waals surface area contributed by atoms with Gasteiger partial charge in [-0.15, -0.1) is 0 Å². The number of hydrogen-bond donors (Lipinski definition) is 1. The second-order valence-corrected chi connectivity index (χ2v) is 7.54. The van der Waals surface area contributed by atoms with Gasteiger partial charge in [-0.25, -0.2) is 13.1 Å². The Morgan fingerprint density at radius 2 is 2.18 bits per heavy atom. The smallest absolute Gasteiger partial charge is 0.241 e. The molecule has 22 heavy (non-hydrogen) atoms. The molecule has 0 saturated carbocycles. The molecule has 8 heteroatoms. The molecule has 6 nitrogen and oxygen atoms in total. The van der Waals surface area contributed by atoms with Crippen molar-refractivity contribution in [3.8, 4) is 0 Å². The average Bonchev–Trinajstić information content (AvgIpc) is 2.88. The number of sulfonamides is 1. The van der Waals surface area contributed by atoms with Crippen molar-refractivity contribution in [1.82, 2.24) is 4.72 Å². The van der Waals surface area contributed by atoms with Crippen LogP contribution in [0.25, 0.3) is 0 Å². The van der Waals surface area contributed by atoms with E-state index in [9.17, 15) is 13.2 Å². The zero-order valence-corrected chi connectivity index (χ0v) is 15.0. The van der Waals surface area contributed by atoms with Crippen molar-refractivity contribution in [2.24, 2.45) is 0 Å². The lowest BCUT2D eigenvalue weighted by molar-refractivity contribution is -0.118. The van der Waals surface area contributed by atoms with Crippen LogP contribution in [0.4, 0.5) is 5.69 Å². The van der Waals surface area contributed by atoms with Gasteiger partial charge in [-0.2, -0.15) is 0 Å². The lowest BCUT2D eigenvalue weighted by atomic mass is 10.2. The number of methoxy groups -OCH3 is 1. The third-order valence-corrected chi connectivity index (χ3v) is 5.94. The highest BCUT2D eigenvalue weighted by Gasteiger charge is 2.28. The van der Waals surface area contributed by atoms with Crippen LogP contribution in [0, 0.1) is 0 Å². The van der Waals surface area contributed by atoms with Crippen LogP contribution in [-0.2, 0) is 26.0 Å². The molecule has 0 fully saturated rings. The van der Waals surface area contributed by atoms with Gasteiger partial charge in [-0.05, 0) is 40.0 Å². The van der Waals surface area contributed by atoms with Crippen molar-refractivity contribution in [1.29, 1.82) is 0 Å². The Kier molecular flexibility index (Phi) is 5.60. The second kappa shape index (κ2) is 7.08. The fourth-order valence-electron chi connectivity index (χ4n) is 2.40. The molecule has 122 valence electrons. The number of fused-ring (bicyclic) bond motifs is 1. The fourth-order valence-corrected chi connectivity index (χ4v) is 4.52. The zero-order valence-electron chi connectivity index (χ0n) is 12.6. The number of anilines is 1. The molecule has 0 bridgehead atoms. The van der Waals surface area contributed by atoms with Crippen LogP contribution in [0.3, 0.4) is 0 Å². The summed E-state index contributed by atoms with van der Waals surface area (Å²) in [6.07, 6.45) is 1.13. The standard InChI is InChI=1S/C14H19BrN2O4S/c1-3-14(18)17-6-4-10-8-11(15)13(9-12(10)17)22(19,20)16-5-7-21-2/h8-9,16H,3-7H2,1-2H3. The summed E-state index contributed by atoms with van der Waals surface area (Å²) in [7, 11) is -2.15. The summed E-state index contributed by atoms with van der Waals surface area (Å²) in [5, 5.41) is 0. The van der Waals surface area contributed by atoms with Crippen molar-refractivity contribution in [2.45, 2.75) is 24.7 Å². The molecule has 1 amide bonds. The number of nitrogens with one attached hydrogen (secondary N) is 1. The molecule has 1 aromatic rings. The van der Waals surface area contributed by atoms with Gasteiger partial charge in [-0.1, -0.05) is 6.92 Å². The first-order valence-corrected chi connectivity index (χ1v) is 9.29. The topological polar surface area (TPSA) is 75.7 Å². The van der Waals surface area contributed by atoms with Gasteiger partial charge in [0.15, 0.2) is 0 Å². The van der Waals surface area contributed by atoms with Gasteiger partial charge < -0.3 is 9.64 Å². The summed E-state index contributed by atoms with van der Waals surface area (Å²) in [5.74, 6) is -0.00300. The van der Waals surface area contributed by atoms with Crippen LogP contribution >= 0.6 is 15.9 Å². The lowest BCUT2D eigenvalue weighted by Crippen LogP contribution is -2.29. The molecule has 2 rings (SSSR count). The first kappa shape index (κ1) is 17.4. The maximum atomic E-state index is 12.4. The summed E-state index contributed by atoms with van der Waals surface area (Å²) in [5.41, 5.74) is 1.66. The Bertz CT molecular complexity index is 676. The average molecular weight is 391 g/mol. The van der Waals surface area contributed by atoms with Gasteiger partial charge in [0.2, 0.25) is 15.9 Å². The third-order valence-electron chi connectivity index (χ3n) is 3.52. The van der Waals surface area contributed by atoms with Crippen LogP contribution in [0.1, 0.15) is 18.9 Å². The first-order valence-electron chi connectivity index (χ1n) is 7.02. The third kappa shape index (κ3) is 3.51. The van der Waals surface area contributed by atoms with Gasteiger partial charge in [0, 0.05) is 36.8 Å². The molecule has 0 spiro atoms. The van der Waals surface area contributed by atoms with Gasteiger partial charge >= 0.3 is 0 Å². The van der Waals surface area contributed by atoms with Gasteiger partial charge in [0.05, 0.1) is 11.5 Å². The van der Waals surface area contributed by atoms with E-state index in [0.29, 0.717) is 29.7 Å². The first-order chi connectivity index (χ1) is 10.4. The normalized spacial score (nSPS) is 14.2. The Morgan fingerprint density at radius 3 is 2.82 bits per heavy atom. The maximum absolute atomic E-state index is 12.4. The molecule has 0 atom stereocenters. The molecule has 1 aliphatic rings. The highest BCUT2D eigenvalue weighted by Crippen LogP contribution is 2.35. The van der Waals surface area contributed by atoms with E-state index in [1.807, 2.05) is 0 Å². The molecule has 1 N–H and O–H groups in total. The number of ether oxygens (including phenoxy) is 1. The van der Waals surface area contributed by atoms with E-state index >= 15 is 0 Å². The molecule has 1 heterocycles. The molecule has 0 aromatic heterocycles. The van der Waals surface area contributed by atoms with Crippen LogP contribution in [-0.4, -0.2) is 41.1 Å². The van der Waals surface area contributed by atoms with E-state index in [0.717, 1.165) is 12.0 Å². The highest BCUT2D eigenvalue weighted by atomic mass is 79.9. The Morgan fingerprint density at radius 1 is 1.45 bits per heavy atom. The largest absolute Gasteiger partial charge is 0.383 e. The highest BCUT2D eigenvalue weighted by molar-refractivity contribution is 9.10. The predicted molar refractivity (Wildman–Crippen MR) is 87.6 cm³/mol. The fraction of sp³-hybridized carbons (Fsp3) is 0.500. The minimum atomic E-state index is -3.66. The summed E-state index contributed by atoms with van der Waals surface area (Å²) in [6, 6.07) is 3.35. The van der Waals surface area contributed by atoms with E-state index in [1.54, 1.807) is 24.0 Å². The Labute approximate surface area is 139 Å². The minimum absolute atomic E-state index is 0.00300. The quantitative estimate of drug-likeness (QED) is 0.749. The molecule has 0 radical (unpaired) electrons. The number of amides is 1. The minimum Gasteiger partial charge on any atom is -0.383 e. The number of nitrogens with zero attached hydrogens (tertiary/aromatic N) is 1. The Hall–Kier alpha value is -0.960. The maximum Gasteiger partial charge on any atom is 0.241 e. The zero-order chi connectivity index (χ0) is 16.3. The van der Waals surface area contributed by atoms with Crippen molar-refractivity contribution in [3.05, 3.63) is 22.2 Å². The van der Waals surface area contributed by atoms with Crippen molar-refractivity contribution in [2.75, 3.05) is 31.7 Å². The number of benzene rings is 1. The molecular formula is C14H19BrN2O4S. The van der Waals surface area contributed by atoms with Crippen LogP contribution < -0.4 is 9.62 Å². The second-order valence-electron chi connectivity index (χ2n) is 4.95. The number of carbonyl (C=O) groups excluding carboxylic acids is 1. The molecule has 0 aliphatic carbocycles. The molecule has 0 unspecified atom stereocenters. The van der Waals surface area contributed by atoms with Crippen LogP contribution in [0.2, 0.25) is 0 Å². The van der Waals surface area contributed by atoms with E-state index in [-0.39, 0.29) is 17.3 Å². The molecule has 0 saturated heterocycles. The summed E-state index contributed by atoms with van der Waals surface area (Å²) < 4.78 is 32.6. The summed E-state index contributed by atoms with van der Waals surface area (Å²) in [4.78, 5) is 13.8. The van der Waals surface area contributed by atoms with Gasteiger partial charge in [0.25, 0.3) is 0 Å². The summed E-state index contributed by atoms with van der Waals surface area (Å²) >= 11 is 3.31. The summed E-state index contributed by atoms with van der Waals surface area (Å²) in [6.45, 7) is 2.88. The molecule has 1 aromatic carbocycles. The molecule has 1 aliphatic heterocycles. The number of rotatable bonds is 6. The monoisotopic (exact) mass is 390 g/mol. The van der Waals surface area contributed by atoms with Gasteiger partial charge in [-0.3, -0.25) is 4.79 Å². The van der Waals surface area contributed by atoms with E-state index in [4.69, 9.17) is 4.74 Å². The molecular weight excluding hydrogens is 372 g/mol. The van der Waals surface area contributed by atoms with Crippen LogP contribution in [0.5, 0.6) is 0 Å².